The highest BCUT2D eigenvalue weighted by Crippen LogP contribution is 2.24. The molecule has 2 aromatic rings. The van der Waals surface area contributed by atoms with Crippen LogP contribution in [0.15, 0.2) is 40.9 Å². The summed E-state index contributed by atoms with van der Waals surface area (Å²) in [6, 6.07) is 6.99. The van der Waals surface area contributed by atoms with Gasteiger partial charge in [0.25, 0.3) is 0 Å². The van der Waals surface area contributed by atoms with Crippen LogP contribution in [0, 0.1) is 17.5 Å². The molecule has 0 radical (unpaired) electrons. The molecule has 6 heteroatoms. The van der Waals surface area contributed by atoms with Gasteiger partial charge in [-0.1, -0.05) is 22.0 Å². The molecule has 20 heavy (non-hydrogen) atoms. The Morgan fingerprint density at radius 2 is 1.80 bits per heavy atom. The van der Waals surface area contributed by atoms with Crippen LogP contribution in [-0.4, -0.2) is 0 Å². The summed E-state index contributed by atoms with van der Waals surface area (Å²) in [6.07, 6.45) is 0.0403. The van der Waals surface area contributed by atoms with Crippen LogP contribution in [0.5, 0.6) is 0 Å². The van der Waals surface area contributed by atoms with Crippen LogP contribution in [0.25, 0.3) is 0 Å². The molecule has 0 aliphatic carbocycles. The van der Waals surface area contributed by atoms with Crippen molar-refractivity contribution in [3.05, 3.63) is 69.4 Å². The van der Waals surface area contributed by atoms with E-state index in [1.165, 1.54) is 6.07 Å². The van der Waals surface area contributed by atoms with Gasteiger partial charge < -0.3 is 0 Å². The zero-order valence-corrected chi connectivity index (χ0v) is 11.9. The summed E-state index contributed by atoms with van der Waals surface area (Å²) in [6.45, 7) is 0. The summed E-state index contributed by atoms with van der Waals surface area (Å²) in [5, 5.41) is 0. The number of benzene rings is 2. The van der Waals surface area contributed by atoms with E-state index in [2.05, 4.69) is 21.4 Å². The van der Waals surface area contributed by atoms with Gasteiger partial charge in [0.15, 0.2) is 0 Å². The fourth-order valence-electron chi connectivity index (χ4n) is 1.96. The van der Waals surface area contributed by atoms with Gasteiger partial charge in [-0.3, -0.25) is 11.3 Å². The van der Waals surface area contributed by atoms with E-state index in [9.17, 15) is 13.2 Å². The summed E-state index contributed by atoms with van der Waals surface area (Å²) in [5.74, 6) is 3.83. The van der Waals surface area contributed by atoms with Gasteiger partial charge in [0.1, 0.15) is 17.5 Å². The number of halogens is 4. The molecule has 0 aromatic heterocycles. The van der Waals surface area contributed by atoms with Gasteiger partial charge in [0, 0.05) is 10.0 Å². The predicted molar refractivity (Wildman–Crippen MR) is 74.2 cm³/mol. The average Bonchev–Trinajstić information content (AvgIpc) is 2.40. The standard InChI is InChI=1S/C14H12BrF3N2/c15-9-1-3-11(13(18)7-9)14(20-19)6-8-5-10(16)2-4-12(8)17/h1-5,7,14,20H,6,19H2. The molecule has 1 atom stereocenters. The Hall–Kier alpha value is -1.37. The van der Waals surface area contributed by atoms with Crippen LogP contribution < -0.4 is 11.3 Å². The lowest BCUT2D eigenvalue weighted by Gasteiger charge is -2.17. The number of nitrogens with one attached hydrogen (secondary N) is 1. The molecule has 3 N–H and O–H groups in total. The largest absolute Gasteiger partial charge is 0.271 e. The summed E-state index contributed by atoms with van der Waals surface area (Å²) in [7, 11) is 0. The van der Waals surface area contributed by atoms with Crippen LogP contribution in [0.1, 0.15) is 17.2 Å². The van der Waals surface area contributed by atoms with Crippen LogP contribution in [0.2, 0.25) is 0 Å². The molecule has 0 aliphatic rings. The molecule has 0 aliphatic heterocycles. The van der Waals surface area contributed by atoms with E-state index in [4.69, 9.17) is 5.84 Å². The first-order chi connectivity index (χ1) is 9.51. The van der Waals surface area contributed by atoms with Crippen molar-refractivity contribution in [2.75, 3.05) is 0 Å². The Morgan fingerprint density at radius 1 is 1.05 bits per heavy atom. The zero-order chi connectivity index (χ0) is 14.7. The summed E-state index contributed by atoms with van der Waals surface area (Å²) in [5.41, 5.74) is 2.85. The first-order valence-electron chi connectivity index (χ1n) is 5.86. The van der Waals surface area contributed by atoms with Crippen LogP contribution in [-0.2, 0) is 6.42 Å². The lowest BCUT2D eigenvalue weighted by Crippen LogP contribution is -2.30. The summed E-state index contributed by atoms with van der Waals surface area (Å²) >= 11 is 3.15. The van der Waals surface area contributed by atoms with Crippen LogP contribution in [0.3, 0.4) is 0 Å². The fraction of sp³-hybridized carbons (Fsp3) is 0.143. The van der Waals surface area contributed by atoms with E-state index in [0.717, 1.165) is 18.2 Å². The number of hydrazine groups is 1. The molecule has 0 heterocycles. The van der Waals surface area contributed by atoms with E-state index in [-0.39, 0.29) is 12.0 Å². The molecule has 0 spiro atoms. The molecular weight excluding hydrogens is 333 g/mol. The van der Waals surface area contributed by atoms with Crippen molar-refractivity contribution in [2.24, 2.45) is 5.84 Å². The second-order valence-corrected chi connectivity index (χ2v) is 5.24. The molecule has 0 bridgehead atoms. The maximum absolute atomic E-state index is 13.9. The quantitative estimate of drug-likeness (QED) is 0.656. The zero-order valence-electron chi connectivity index (χ0n) is 10.3. The second-order valence-electron chi connectivity index (χ2n) is 4.32. The van der Waals surface area contributed by atoms with Crippen molar-refractivity contribution in [2.45, 2.75) is 12.5 Å². The maximum Gasteiger partial charge on any atom is 0.129 e. The van der Waals surface area contributed by atoms with Crippen molar-refractivity contribution >= 4 is 15.9 Å². The topological polar surface area (TPSA) is 38.0 Å². The number of nitrogens with two attached hydrogens (primary N) is 1. The fourth-order valence-corrected chi connectivity index (χ4v) is 2.30. The molecule has 0 amide bonds. The first-order valence-corrected chi connectivity index (χ1v) is 6.65. The highest BCUT2D eigenvalue weighted by atomic mass is 79.9. The Bertz CT molecular complexity index is 619. The normalized spacial score (nSPS) is 12.4. The molecule has 0 saturated carbocycles. The first kappa shape index (κ1) is 15.0. The van der Waals surface area contributed by atoms with Crippen molar-refractivity contribution in [1.29, 1.82) is 0 Å². The minimum Gasteiger partial charge on any atom is -0.271 e. The Balaban J connectivity index is 2.31. The number of hydrogen-bond acceptors (Lipinski definition) is 2. The minimum absolute atomic E-state index is 0.0403. The van der Waals surface area contributed by atoms with Crippen molar-refractivity contribution in [3.63, 3.8) is 0 Å². The third kappa shape index (κ3) is 3.39. The van der Waals surface area contributed by atoms with Crippen molar-refractivity contribution in [1.82, 2.24) is 5.43 Å². The van der Waals surface area contributed by atoms with E-state index < -0.39 is 23.5 Å². The van der Waals surface area contributed by atoms with Gasteiger partial charge in [-0.05, 0) is 42.3 Å². The summed E-state index contributed by atoms with van der Waals surface area (Å²) in [4.78, 5) is 0. The third-order valence-corrected chi connectivity index (χ3v) is 3.46. The SMILES string of the molecule is NNC(Cc1cc(F)ccc1F)c1ccc(Br)cc1F. The minimum atomic E-state index is -0.653. The number of hydrogen-bond donors (Lipinski definition) is 2. The monoisotopic (exact) mass is 344 g/mol. The van der Waals surface area contributed by atoms with Gasteiger partial charge in [0.2, 0.25) is 0 Å². The smallest absolute Gasteiger partial charge is 0.129 e. The van der Waals surface area contributed by atoms with Crippen LogP contribution >= 0.6 is 15.9 Å². The Labute approximate surface area is 122 Å². The van der Waals surface area contributed by atoms with Crippen molar-refractivity contribution < 1.29 is 13.2 Å². The van der Waals surface area contributed by atoms with Gasteiger partial charge >= 0.3 is 0 Å². The van der Waals surface area contributed by atoms with E-state index in [1.54, 1.807) is 12.1 Å². The molecule has 2 aromatic carbocycles. The third-order valence-electron chi connectivity index (χ3n) is 2.97. The van der Waals surface area contributed by atoms with Gasteiger partial charge in [-0.25, -0.2) is 13.2 Å². The van der Waals surface area contributed by atoms with E-state index in [0.29, 0.717) is 10.0 Å². The highest BCUT2D eigenvalue weighted by molar-refractivity contribution is 9.10. The van der Waals surface area contributed by atoms with Gasteiger partial charge in [0.05, 0.1) is 6.04 Å². The summed E-state index contributed by atoms with van der Waals surface area (Å²) < 4.78 is 41.2. The predicted octanol–water partition coefficient (Wildman–Crippen LogP) is 3.61. The Kier molecular flexibility index (Phi) is 4.80. The lowest BCUT2D eigenvalue weighted by molar-refractivity contribution is 0.495. The maximum atomic E-state index is 13.9. The highest BCUT2D eigenvalue weighted by Gasteiger charge is 2.17. The molecule has 2 nitrogen and oxygen atoms in total. The molecule has 106 valence electrons. The van der Waals surface area contributed by atoms with Crippen LogP contribution in [0.4, 0.5) is 13.2 Å². The second kappa shape index (κ2) is 6.39. The van der Waals surface area contributed by atoms with Crippen molar-refractivity contribution in [3.8, 4) is 0 Å². The Morgan fingerprint density at radius 3 is 2.45 bits per heavy atom. The average molecular weight is 345 g/mol. The van der Waals surface area contributed by atoms with E-state index >= 15 is 0 Å². The number of rotatable bonds is 4. The molecular formula is C14H12BrF3N2. The molecule has 2 rings (SSSR count). The van der Waals surface area contributed by atoms with Gasteiger partial charge in [-0.2, -0.15) is 0 Å². The van der Waals surface area contributed by atoms with Gasteiger partial charge in [-0.15, -0.1) is 0 Å². The lowest BCUT2D eigenvalue weighted by atomic mass is 9.98. The molecule has 1 unspecified atom stereocenters. The van der Waals surface area contributed by atoms with E-state index in [1.807, 2.05) is 0 Å². The molecule has 0 fully saturated rings. The molecule has 0 saturated heterocycles.